The molecule has 7 nitrogen and oxygen atoms in total. The summed E-state index contributed by atoms with van der Waals surface area (Å²) in [6.45, 7) is 2.05. The SMILES string of the molecule is COc1ccc2c(CN3C(=O)N[C@@]4(CCCC[C@@H]4C)C3=O)cc(=O)oc2c1. The number of imide groups is 1. The van der Waals surface area contributed by atoms with Crippen LogP contribution in [0, 0.1) is 5.92 Å². The highest BCUT2D eigenvalue weighted by atomic mass is 16.5. The molecule has 1 saturated heterocycles. The third kappa shape index (κ3) is 2.78. The number of nitrogens with one attached hydrogen (secondary N) is 1. The molecular weight excluding hydrogens is 348 g/mol. The van der Waals surface area contributed by atoms with E-state index in [4.69, 9.17) is 9.15 Å². The van der Waals surface area contributed by atoms with Gasteiger partial charge in [-0.05, 0) is 36.5 Å². The Hall–Kier alpha value is -2.83. The first-order valence-electron chi connectivity index (χ1n) is 9.19. The molecule has 7 heteroatoms. The molecule has 1 aromatic heterocycles. The van der Waals surface area contributed by atoms with Crippen molar-refractivity contribution >= 4 is 22.9 Å². The number of carbonyl (C=O) groups is 2. The number of benzene rings is 1. The van der Waals surface area contributed by atoms with Crippen LogP contribution >= 0.6 is 0 Å². The van der Waals surface area contributed by atoms with Gasteiger partial charge in [-0.25, -0.2) is 9.59 Å². The zero-order valence-electron chi connectivity index (χ0n) is 15.4. The fourth-order valence-corrected chi connectivity index (χ4v) is 4.28. The lowest BCUT2D eigenvalue weighted by Gasteiger charge is -2.36. The zero-order valence-corrected chi connectivity index (χ0v) is 15.4. The maximum Gasteiger partial charge on any atom is 0.336 e. The summed E-state index contributed by atoms with van der Waals surface area (Å²) in [5.41, 5.74) is -0.399. The van der Waals surface area contributed by atoms with Crippen LogP contribution in [0.4, 0.5) is 4.79 Å². The number of methoxy groups -OCH3 is 1. The van der Waals surface area contributed by atoms with Crippen molar-refractivity contribution in [3.63, 3.8) is 0 Å². The predicted octanol–water partition coefficient (Wildman–Crippen LogP) is 2.80. The van der Waals surface area contributed by atoms with Gasteiger partial charge >= 0.3 is 11.7 Å². The van der Waals surface area contributed by atoms with Crippen molar-refractivity contribution in [1.29, 1.82) is 0 Å². The zero-order chi connectivity index (χ0) is 19.2. The molecule has 2 fully saturated rings. The predicted molar refractivity (Wildman–Crippen MR) is 98.5 cm³/mol. The molecule has 3 amide bonds. The molecule has 0 bridgehead atoms. The summed E-state index contributed by atoms with van der Waals surface area (Å²) in [5, 5.41) is 3.61. The number of fused-ring (bicyclic) bond motifs is 1. The summed E-state index contributed by atoms with van der Waals surface area (Å²) in [6.07, 6.45) is 3.56. The number of carbonyl (C=O) groups excluding carboxylic acids is 2. The fraction of sp³-hybridized carbons (Fsp3) is 0.450. The molecule has 2 heterocycles. The van der Waals surface area contributed by atoms with E-state index in [0.717, 1.165) is 19.3 Å². The maximum atomic E-state index is 13.2. The van der Waals surface area contributed by atoms with E-state index in [1.54, 1.807) is 18.2 Å². The van der Waals surface area contributed by atoms with Crippen molar-refractivity contribution in [3.8, 4) is 5.75 Å². The Morgan fingerprint density at radius 3 is 2.81 bits per heavy atom. The minimum Gasteiger partial charge on any atom is -0.497 e. The molecule has 27 heavy (non-hydrogen) atoms. The summed E-state index contributed by atoms with van der Waals surface area (Å²) < 4.78 is 10.4. The summed E-state index contributed by atoms with van der Waals surface area (Å²) >= 11 is 0. The molecule has 0 radical (unpaired) electrons. The van der Waals surface area contributed by atoms with Crippen LogP contribution in [0.15, 0.2) is 33.5 Å². The summed E-state index contributed by atoms with van der Waals surface area (Å²) in [6, 6.07) is 6.08. The molecular formula is C20H22N2O5. The second-order valence-electron chi connectivity index (χ2n) is 7.39. The molecule has 1 saturated carbocycles. The second kappa shape index (κ2) is 6.40. The van der Waals surface area contributed by atoms with Gasteiger partial charge in [-0.2, -0.15) is 0 Å². The Morgan fingerprint density at radius 1 is 1.26 bits per heavy atom. The summed E-state index contributed by atoms with van der Waals surface area (Å²) in [5.74, 6) is 0.455. The first-order chi connectivity index (χ1) is 12.9. The van der Waals surface area contributed by atoms with E-state index in [-0.39, 0.29) is 18.4 Å². The standard InChI is InChI=1S/C20H22N2O5/c1-12-5-3-4-8-20(12)18(24)22(19(25)21-20)11-13-9-17(23)27-16-10-14(26-2)6-7-15(13)16/h6-7,9-10,12H,3-5,8,11H2,1-2H3,(H,21,25)/t12-,20+/m0/s1. The van der Waals surface area contributed by atoms with Gasteiger partial charge in [-0.15, -0.1) is 0 Å². The fourth-order valence-electron chi connectivity index (χ4n) is 4.28. The van der Waals surface area contributed by atoms with Crippen molar-refractivity contribution < 1.29 is 18.7 Å². The Morgan fingerprint density at radius 2 is 2.07 bits per heavy atom. The Balaban J connectivity index is 1.71. The third-order valence-corrected chi connectivity index (χ3v) is 5.87. The molecule has 2 atom stereocenters. The lowest BCUT2D eigenvalue weighted by molar-refractivity contribution is -0.134. The van der Waals surface area contributed by atoms with E-state index >= 15 is 0 Å². The first kappa shape index (κ1) is 17.6. The molecule has 1 spiro atoms. The molecule has 142 valence electrons. The number of hydrogen-bond acceptors (Lipinski definition) is 5. The van der Waals surface area contributed by atoms with Crippen LogP contribution in [0.2, 0.25) is 0 Å². The Labute approximate surface area is 156 Å². The van der Waals surface area contributed by atoms with Gasteiger partial charge in [0.2, 0.25) is 0 Å². The molecule has 2 aromatic rings. The van der Waals surface area contributed by atoms with Crippen LogP contribution < -0.4 is 15.7 Å². The average molecular weight is 370 g/mol. The van der Waals surface area contributed by atoms with Crippen molar-refractivity contribution in [2.45, 2.75) is 44.7 Å². The minimum absolute atomic E-state index is 0.0353. The molecule has 2 aliphatic rings. The van der Waals surface area contributed by atoms with E-state index in [1.165, 1.54) is 18.1 Å². The van der Waals surface area contributed by atoms with Crippen LogP contribution in [-0.2, 0) is 11.3 Å². The number of ether oxygens (including phenoxy) is 1. The highest BCUT2D eigenvalue weighted by Gasteiger charge is 2.54. The van der Waals surface area contributed by atoms with Gasteiger partial charge in [0.05, 0.1) is 13.7 Å². The summed E-state index contributed by atoms with van der Waals surface area (Å²) in [7, 11) is 1.53. The average Bonchev–Trinajstić information content (AvgIpc) is 2.88. The molecule has 0 unspecified atom stereocenters. The second-order valence-corrected chi connectivity index (χ2v) is 7.39. The first-order valence-corrected chi connectivity index (χ1v) is 9.19. The number of amides is 3. The van der Waals surface area contributed by atoms with E-state index in [9.17, 15) is 14.4 Å². The number of rotatable bonds is 3. The topological polar surface area (TPSA) is 88.9 Å². The van der Waals surface area contributed by atoms with Crippen LogP contribution in [0.1, 0.15) is 38.2 Å². The van der Waals surface area contributed by atoms with Crippen LogP contribution in [0.3, 0.4) is 0 Å². The van der Waals surface area contributed by atoms with Crippen molar-refractivity contribution in [3.05, 3.63) is 40.2 Å². The largest absolute Gasteiger partial charge is 0.497 e. The number of urea groups is 1. The van der Waals surface area contributed by atoms with Gasteiger partial charge in [0.1, 0.15) is 16.9 Å². The smallest absolute Gasteiger partial charge is 0.336 e. The third-order valence-electron chi connectivity index (χ3n) is 5.87. The van der Waals surface area contributed by atoms with Gasteiger partial charge in [0, 0.05) is 17.5 Å². The summed E-state index contributed by atoms with van der Waals surface area (Å²) in [4.78, 5) is 39.0. The van der Waals surface area contributed by atoms with Gasteiger partial charge in [0.25, 0.3) is 5.91 Å². The highest BCUT2D eigenvalue weighted by Crippen LogP contribution is 2.38. The van der Waals surface area contributed by atoms with E-state index in [0.29, 0.717) is 28.7 Å². The van der Waals surface area contributed by atoms with E-state index in [2.05, 4.69) is 5.32 Å². The molecule has 1 N–H and O–H groups in total. The highest BCUT2D eigenvalue weighted by molar-refractivity contribution is 6.07. The number of nitrogens with zero attached hydrogens (tertiary/aromatic N) is 1. The quantitative estimate of drug-likeness (QED) is 0.663. The van der Waals surface area contributed by atoms with E-state index < -0.39 is 17.2 Å². The van der Waals surface area contributed by atoms with Crippen LogP contribution in [0.5, 0.6) is 5.75 Å². The van der Waals surface area contributed by atoms with Crippen molar-refractivity contribution in [2.75, 3.05) is 7.11 Å². The van der Waals surface area contributed by atoms with Gasteiger partial charge in [-0.3, -0.25) is 9.69 Å². The lowest BCUT2D eigenvalue weighted by Crippen LogP contribution is -2.53. The molecule has 1 aliphatic heterocycles. The number of hydrogen-bond donors (Lipinski definition) is 1. The van der Waals surface area contributed by atoms with Gasteiger partial charge in [0.15, 0.2) is 0 Å². The molecule has 1 aliphatic carbocycles. The molecule has 1 aromatic carbocycles. The van der Waals surface area contributed by atoms with Gasteiger partial charge in [-0.1, -0.05) is 19.8 Å². The van der Waals surface area contributed by atoms with Crippen LogP contribution in [-0.4, -0.2) is 29.5 Å². The van der Waals surface area contributed by atoms with Crippen molar-refractivity contribution in [2.24, 2.45) is 5.92 Å². The lowest BCUT2D eigenvalue weighted by atomic mass is 9.73. The van der Waals surface area contributed by atoms with Crippen LogP contribution in [0.25, 0.3) is 11.0 Å². The van der Waals surface area contributed by atoms with Crippen molar-refractivity contribution in [1.82, 2.24) is 10.2 Å². The molecule has 4 rings (SSSR count). The normalized spacial score (nSPS) is 25.3. The monoisotopic (exact) mass is 370 g/mol. The minimum atomic E-state index is -0.812. The maximum absolute atomic E-state index is 13.2. The van der Waals surface area contributed by atoms with E-state index in [1.807, 2.05) is 6.92 Å². The van der Waals surface area contributed by atoms with Gasteiger partial charge < -0.3 is 14.5 Å². The Bertz CT molecular complexity index is 982. The Kier molecular flexibility index (Phi) is 4.17.